The Balaban J connectivity index is 0.000000159. The molecule has 6 heteroatoms. The summed E-state index contributed by atoms with van der Waals surface area (Å²) in [7, 11) is 0. The second-order valence-corrected chi connectivity index (χ2v) is 6.21. The van der Waals surface area contributed by atoms with Crippen LogP contribution in [0.25, 0.3) is 5.57 Å². The molecule has 6 nitrogen and oxygen atoms in total. The molecular weight excluding hydrogens is 338 g/mol. The number of Topliss-reactive ketones (excluding diaryl/α,β-unsaturated/α-hetero) is 1. The summed E-state index contributed by atoms with van der Waals surface area (Å²) in [6, 6.07) is 11.9. The molecule has 4 rings (SSSR count). The van der Waals surface area contributed by atoms with Crippen molar-refractivity contribution in [2.75, 3.05) is 6.54 Å². The summed E-state index contributed by atoms with van der Waals surface area (Å²) in [5, 5.41) is 6.25. The molecular formula is C21H23N5O. The fourth-order valence-electron chi connectivity index (χ4n) is 2.72. The molecule has 0 bridgehead atoms. The van der Waals surface area contributed by atoms with Gasteiger partial charge in [0, 0.05) is 66.6 Å². The normalized spacial score (nSPS) is 12.8. The van der Waals surface area contributed by atoms with E-state index in [0.717, 1.165) is 29.9 Å². The van der Waals surface area contributed by atoms with E-state index >= 15 is 0 Å². The Labute approximate surface area is 158 Å². The largest absolute Gasteiger partial charge is 0.383 e. The summed E-state index contributed by atoms with van der Waals surface area (Å²) in [5.74, 6) is 0.128. The van der Waals surface area contributed by atoms with Crippen molar-refractivity contribution in [2.24, 2.45) is 0 Å². The summed E-state index contributed by atoms with van der Waals surface area (Å²) in [4.78, 5) is 22.5. The fraction of sp³-hybridized carbons (Fsp3) is 0.190. The van der Waals surface area contributed by atoms with Crippen LogP contribution in [0.3, 0.4) is 0 Å². The van der Waals surface area contributed by atoms with Crippen LogP contribution >= 0.6 is 0 Å². The fourth-order valence-corrected chi connectivity index (χ4v) is 2.72. The zero-order valence-corrected chi connectivity index (χ0v) is 15.3. The number of rotatable bonds is 5. The lowest BCUT2D eigenvalue weighted by molar-refractivity contribution is -0.112. The van der Waals surface area contributed by atoms with Crippen molar-refractivity contribution in [3.63, 3.8) is 0 Å². The van der Waals surface area contributed by atoms with E-state index in [9.17, 15) is 4.79 Å². The van der Waals surface area contributed by atoms with E-state index in [1.807, 2.05) is 43.6 Å². The number of pyridine rings is 2. The van der Waals surface area contributed by atoms with Gasteiger partial charge < -0.3 is 15.6 Å². The quantitative estimate of drug-likeness (QED) is 0.651. The highest BCUT2D eigenvalue weighted by atomic mass is 16.1. The average molecular weight is 361 g/mol. The summed E-state index contributed by atoms with van der Waals surface area (Å²) in [6.45, 7) is 4.16. The maximum absolute atomic E-state index is 11.2. The van der Waals surface area contributed by atoms with Crippen LogP contribution in [0.15, 0.2) is 67.4 Å². The van der Waals surface area contributed by atoms with E-state index in [1.54, 1.807) is 18.6 Å². The van der Waals surface area contributed by atoms with Gasteiger partial charge in [0.15, 0.2) is 5.78 Å². The van der Waals surface area contributed by atoms with Gasteiger partial charge in [-0.15, -0.1) is 0 Å². The molecule has 1 aliphatic rings. The number of carbonyl (C=O) groups is 1. The molecule has 3 N–H and O–H groups in total. The highest BCUT2D eigenvalue weighted by Gasteiger charge is 2.15. The van der Waals surface area contributed by atoms with Crippen molar-refractivity contribution in [2.45, 2.75) is 20.0 Å². The first-order valence-corrected chi connectivity index (χ1v) is 8.84. The lowest BCUT2D eigenvalue weighted by atomic mass is 10.1. The van der Waals surface area contributed by atoms with Crippen LogP contribution in [0, 0.1) is 6.92 Å². The van der Waals surface area contributed by atoms with Gasteiger partial charge in [0.05, 0.1) is 6.54 Å². The third-order valence-corrected chi connectivity index (χ3v) is 4.05. The molecule has 0 fully saturated rings. The van der Waals surface area contributed by atoms with Crippen LogP contribution in [-0.4, -0.2) is 27.3 Å². The SMILES string of the molecule is Cc1cc(CNCc2ccc[nH]2)ccn1.O=C1CNC=C1c1cccnc1. The van der Waals surface area contributed by atoms with Crippen LogP contribution in [0.5, 0.6) is 0 Å². The molecule has 3 aromatic heterocycles. The van der Waals surface area contributed by atoms with Crippen molar-refractivity contribution in [3.8, 4) is 0 Å². The van der Waals surface area contributed by atoms with Crippen LogP contribution in [-0.2, 0) is 17.9 Å². The number of hydrogen-bond donors (Lipinski definition) is 3. The van der Waals surface area contributed by atoms with E-state index < -0.39 is 0 Å². The van der Waals surface area contributed by atoms with Crippen molar-refractivity contribution in [3.05, 3.63) is 89.9 Å². The number of ketones is 1. The first-order chi connectivity index (χ1) is 13.2. The van der Waals surface area contributed by atoms with E-state index in [4.69, 9.17) is 0 Å². The topological polar surface area (TPSA) is 82.7 Å². The monoisotopic (exact) mass is 361 g/mol. The summed E-state index contributed by atoms with van der Waals surface area (Å²) in [5.41, 5.74) is 5.15. The lowest BCUT2D eigenvalue weighted by Crippen LogP contribution is -2.12. The Morgan fingerprint density at radius 1 is 1.15 bits per heavy atom. The van der Waals surface area contributed by atoms with Gasteiger partial charge in [-0.25, -0.2) is 0 Å². The number of aromatic amines is 1. The zero-order valence-electron chi connectivity index (χ0n) is 15.3. The first-order valence-electron chi connectivity index (χ1n) is 8.84. The Morgan fingerprint density at radius 2 is 2.07 bits per heavy atom. The third-order valence-electron chi connectivity index (χ3n) is 4.05. The lowest BCUT2D eigenvalue weighted by Gasteiger charge is -2.03. The van der Waals surface area contributed by atoms with Crippen LogP contribution in [0.4, 0.5) is 0 Å². The van der Waals surface area contributed by atoms with Crippen LogP contribution < -0.4 is 10.6 Å². The molecule has 27 heavy (non-hydrogen) atoms. The Hall–Kier alpha value is -3.25. The Bertz CT molecular complexity index is 888. The maximum atomic E-state index is 11.2. The third kappa shape index (κ3) is 5.62. The van der Waals surface area contributed by atoms with Crippen molar-refractivity contribution < 1.29 is 4.79 Å². The van der Waals surface area contributed by atoms with Gasteiger partial charge in [-0.05, 0) is 42.8 Å². The van der Waals surface area contributed by atoms with E-state index in [1.165, 1.54) is 11.3 Å². The van der Waals surface area contributed by atoms with Crippen molar-refractivity contribution in [1.29, 1.82) is 0 Å². The molecule has 0 saturated heterocycles. The highest BCUT2D eigenvalue weighted by Crippen LogP contribution is 2.15. The number of aryl methyl sites for hydroxylation is 1. The average Bonchev–Trinajstić information content (AvgIpc) is 3.35. The minimum atomic E-state index is 0.128. The van der Waals surface area contributed by atoms with Crippen molar-refractivity contribution >= 4 is 11.4 Å². The molecule has 3 aromatic rings. The molecule has 0 unspecified atom stereocenters. The minimum absolute atomic E-state index is 0.128. The number of carbonyl (C=O) groups excluding carboxylic acids is 1. The standard InChI is InChI=1S/C12H15N3.C9H8N2O/c1-10-7-11(4-6-14-10)8-13-9-12-3-2-5-15-12;12-9-6-11-5-8(9)7-2-1-3-10-4-7/h2-7,13,15H,8-9H2,1H3;1-5,11H,6H2. The summed E-state index contributed by atoms with van der Waals surface area (Å²) < 4.78 is 0. The van der Waals surface area contributed by atoms with E-state index in [2.05, 4.69) is 37.7 Å². The second-order valence-electron chi connectivity index (χ2n) is 6.21. The van der Waals surface area contributed by atoms with Gasteiger partial charge in [0.2, 0.25) is 0 Å². The number of aromatic nitrogens is 3. The predicted molar refractivity (Wildman–Crippen MR) is 106 cm³/mol. The van der Waals surface area contributed by atoms with E-state index in [-0.39, 0.29) is 5.78 Å². The Kier molecular flexibility index (Phi) is 6.49. The minimum Gasteiger partial charge on any atom is -0.383 e. The molecule has 0 spiro atoms. The summed E-state index contributed by atoms with van der Waals surface area (Å²) in [6.07, 6.45) is 8.90. The van der Waals surface area contributed by atoms with Crippen LogP contribution in [0.2, 0.25) is 0 Å². The van der Waals surface area contributed by atoms with Gasteiger partial charge in [0.1, 0.15) is 0 Å². The van der Waals surface area contributed by atoms with Gasteiger partial charge in [-0.3, -0.25) is 14.8 Å². The van der Waals surface area contributed by atoms with Gasteiger partial charge in [0.25, 0.3) is 0 Å². The highest BCUT2D eigenvalue weighted by molar-refractivity contribution is 6.23. The number of H-pyrrole nitrogens is 1. The van der Waals surface area contributed by atoms with Gasteiger partial charge >= 0.3 is 0 Å². The second kappa shape index (κ2) is 9.45. The molecule has 0 atom stereocenters. The smallest absolute Gasteiger partial charge is 0.183 e. The van der Waals surface area contributed by atoms with Gasteiger partial charge in [-0.1, -0.05) is 6.07 Å². The predicted octanol–water partition coefficient (Wildman–Crippen LogP) is 2.60. The molecule has 4 heterocycles. The molecule has 138 valence electrons. The summed E-state index contributed by atoms with van der Waals surface area (Å²) >= 11 is 0. The number of nitrogens with one attached hydrogen (secondary N) is 3. The molecule has 0 saturated carbocycles. The van der Waals surface area contributed by atoms with Crippen molar-refractivity contribution in [1.82, 2.24) is 25.6 Å². The van der Waals surface area contributed by atoms with E-state index in [0.29, 0.717) is 6.54 Å². The van der Waals surface area contributed by atoms with Crippen LogP contribution in [0.1, 0.15) is 22.5 Å². The molecule has 0 amide bonds. The first kappa shape index (κ1) is 18.5. The number of nitrogens with zero attached hydrogens (tertiary/aromatic N) is 2. The Morgan fingerprint density at radius 3 is 2.74 bits per heavy atom. The van der Waals surface area contributed by atoms with Gasteiger partial charge in [-0.2, -0.15) is 0 Å². The number of hydrogen-bond acceptors (Lipinski definition) is 5. The molecule has 1 aliphatic heterocycles. The zero-order chi connectivity index (χ0) is 18.9. The molecule has 0 aliphatic carbocycles. The maximum Gasteiger partial charge on any atom is 0.183 e. The molecule has 0 radical (unpaired) electrons. The molecule has 0 aromatic carbocycles.